The van der Waals surface area contributed by atoms with E-state index in [1.165, 1.54) is 37.7 Å². The smallest absolute Gasteiger partial charge is 0.238 e. The summed E-state index contributed by atoms with van der Waals surface area (Å²) in [5.41, 5.74) is 2.14. The number of aromatic nitrogens is 1. The Balaban J connectivity index is 1.28. The molecule has 2 fully saturated rings. The van der Waals surface area contributed by atoms with Crippen LogP contribution in [0.2, 0.25) is 0 Å². The van der Waals surface area contributed by atoms with Crippen molar-refractivity contribution < 1.29 is 4.79 Å². The number of hydrogen-bond donors (Lipinski definition) is 1. The first-order chi connectivity index (χ1) is 15.2. The number of carbonyl (C=O) groups is 1. The highest BCUT2D eigenvalue weighted by atomic mass is 16.2. The highest BCUT2D eigenvalue weighted by Gasteiger charge is 2.21. The number of hydrogen-bond acceptors (Lipinski definition) is 5. The molecule has 4 rings (SSSR count). The molecule has 2 aromatic rings. The lowest BCUT2D eigenvalue weighted by Crippen LogP contribution is -2.49. The standard InChI is InChI=1S/C25H35N5O/c1-28(22-10-3-2-4-11-22)19-21-9-5-6-12-23(21)27-25(31)20-29-15-17-30(18-16-29)24-13-7-8-14-26-24/h5-9,12-14,22H,2-4,10-11,15-20H2,1H3,(H,27,31). The van der Waals surface area contributed by atoms with Gasteiger partial charge < -0.3 is 10.2 Å². The van der Waals surface area contributed by atoms with Crippen LogP contribution in [0.3, 0.4) is 0 Å². The Bertz CT molecular complexity index is 829. The minimum absolute atomic E-state index is 0.0686. The lowest BCUT2D eigenvalue weighted by molar-refractivity contribution is -0.117. The van der Waals surface area contributed by atoms with Gasteiger partial charge in [0.2, 0.25) is 5.91 Å². The monoisotopic (exact) mass is 421 g/mol. The third-order valence-corrected chi connectivity index (χ3v) is 6.62. The van der Waals surface area contributed by atoms with Crippen molar-refractivity contribution in [1.82, 2.24) is 14.8 Å². The largest absolute Gasteiger partial charge is 0.354 e. The molecule has 0 radical (unpaired) electrons. The van der Waals surface area contributed by atoms with Gasteiger partial charge in [0.25, 0.3) is 0 Å². The average Bonchev–Trinajstić information content (AvgIpc) is 2.82. The normalized spacial score (nSPS) is 18.3. The number of amides is 1. The molecule has 1 aliphatic carbocycles. The highest BCUT2D eigenvalue weighted by Crippen LogP contribution is 2.25. The van der Waals surface area contributed by atoms with Crippen LogP contribution >= 0.6 is 0 Å². The number of para-hydroxylation sites is 1. The minimum Gasteiger partial charge on any atom is -0.354 e. The number of pyridine rings is 1. The highest BCUT2D eigenvalue weighted by molar-refractivity contribution is 5.93. The van der Waals surface area contributed by atoms with Crippen molar-refractivity contribution >= 4 is 17.4 Å². The van der Waals surface area contributed by atoms with Gasteiger partial charge in [-0.2, -0.15) is 0 Å². The molecule has 1 aliphatic heterocycles. The Morgan fingerprint density at radius 1 is 1.03 bits per heavy atom. The molecule has 31 heavy (non-hydrogen) atoms. The van der Waals surface area contributed by atoms with E-state index in [1.807, 2.05) is 36.5 Å². The van der Waals surface area contributed by atoms with Crippen LogP contribution in [0.15, 0.2) is 48.7 Å². The van der Waals surface area contributed by atoms with Crippen LogP contribution in [-0.2, 0) is 11.3 Å². The molecule has 1 aromatic carbocycles. The van der Waals surface area contributed by atoms with Crippen molar-refractivity contribution in [3.8, 4) is 0 Å². The fourth-order valence-corrected chi connectivity index (χ4v) is 4.77. The molecule has 6 heteroatoms. The van der Waals surface area contributed by atoms with Crippen LogP contribution in [0.1, 0.15) is 37.7 Å². The number of piperazine rings is 1. The zero-order chi connectivity index (χ0) is 21.5. The van der Waals surface area contributed by atoms with Gasteiger partial charge in [0.05, 0.1) is 6.54 Å². The number of nitrogens with zero attached hydrogens (tertiary/aromatic N) is 4. The first-order valence-electron chi connectivity index (χ1n) is 11.7. The zero-order valence-electron chi connectivity index (χ0n) is 18.7. The first kappa shape index (κ1) is 21.8. The van der Waals surface area contributed by atoms with E-state index in [0.717, 1.165) is 44.2 Å². The summed E-state index contributed by atoms with van der Waals surface area (Å²) in [4.78, 5) is 24.2. The predicted octanol–water partition coefficient (Wildman–Crippen LogP) is 3.61. The fraction of sp³-hybridized carbons (Fsp3) is 0.520. The van der Waals surface area contributed by atoms with Gasteiger partial charge in [-0.3, -0.25) is 14.6 Å². The van der Waals surface area contributed by atoms with Gasteiger partial charge in [-0.15, -0.1) is 0 Å². The third-order valence-electron chi connectivity index (χ3n) is 6.62. The van der Waals surface area contributed by atoms with Gasteiger partial charge in [-0.1, -0.05) is 43.5 Å². The summed E-state index contributed by atoms with van der Waals surface area (Å²) >= 11 is 0. The molecule has 166 valence electrons. The minimum atomic E-state index is 0.0686. The summed E-state index contributed by atoms with van der Waals surface area (Å²) in [7, 11) is 2.22. The molecule has 0 atom stereocenters. The van der Waals surface area contributed by atoms with Crippen molar-refractivity contribution in [3.05, 3.63) is 54.2 Å². The summed E-state index contributed by atoms with van der Waals surface area (Å²) in [5.74, 6) is 1.08. The molecule has 1 saturated carbocycles. The van der Waals surface area contributed by atoms with Crippen LogP contribution in [-0.4, -0.2) is 66.5 Å². The molecule has 1 aromatic heterocycles. The summed E-state index contributed by atoms with van der Waals surface area (Å²) in [6.45, 7) is 4.85. The van der Waals surface area contributed by atoms with Gasteiger partial charge in [-0.25, -0.2) is 4.98 Å². The number of carbonyl (C=O) groups excluding carboxylic acids is 1. The maximum atomic E-state index is 12.8. The molecule has 1 N–H and O–H groups in total. The third kappa shape index (κ3) is 6.05. The molecule has 0 bridgehead atoms. The van der Waals surface area contributed by atoms with E-state index in [4.69, 9.17) is 0 Å². The SMILES string of the molecule is CN(Cc1ccccc1NC(=O)CN1CCN(c2ccccn2)CC1)C1CCCCC1. The van der Waals surface area contributed by atoms with Gasteiger partial charge in [0.1, 0.15) is 5.82 Å². The Morgan fingerprint density at radius 3 is 2.52 bits per heavy atom. The van der Waals surface area contributed by atoms with E-state index >= 15 is 0 Å². The summed E-state index contributed by atoms with van der Waals surface area (Å²) in [6, 6.07) is 14.9. The van der Waals surface area contributed by atoms with Crippen LogP contribution < -0.4 is 10.2 Å². The number of nitrogens with one attached hydrogen (secondary N) is 1. The number of benzene rings is 1. The molecule has 6 nitrogen and oxygen atoms in total. The van der Waals surface area contributed by atoms with Crippen LogP contribution in [0.5, 0.6) is 0 Å². The maximum absolute atomic E-state index is 12.8. The summed E-state index contributed by atoms with van der Waals surface area (Å²) in [6.07, 6.45) is 8.44. The van der Waals surface area contributed by atoms with Gasteiger partial charge in [0.15, 0.2) is 0 Å². The number of rotatable bonds is 7. The molecule has 0 spiro atoms. The second-order valence-corrected chi connectivity index (χ2v) is 8.86. The Hall–Kier alpha value is -2.44. The van der Waals surface area contributed by atoms with Crippen molar-refractivity contribution in [2.45, 2.75) is 44.7 Å². The van der Waals surface area contributed by atoms with Crippen molar-refractivity contribution in [3.63, 3.8) is 0 Å². The van der Waals surface area contributed by atoms with Gasteiger partial charge in [-0.05, 0) is 43.7 Å². The topological polar surface area (TPSA) is 51.7 Å². The van der Waals surface area contributed by atoms with E-state index in [-0.39, 0.29) is 5.91 Å². The summed E-state index contributed by atoms with van der Waals surface area (Å²) < 4.78 is 0. The van der Waals surface area contributed by atoms with Crippen molar-refractivity contribution in [2.24, 2.45) is 0 Å². The molecular formula is C25H35N5O. The van der Waals surface area contributed by atoms with Crippen LogP contribution in [0, 0.1) is 0 Å². The number of anilines is 2. The van der Waals surface area contributed by atoms with E-state index in [1.54, 1.807) is 0 Å². The van der Waals surface area contributed by atoms with Gasteiger partial charge >= 0.3 is 0 Å². The average molecular weight is 422 g/mol. The Labute approximate surface area is 186 Å². The first-order valence-corrected chi connectivity index (χ1v) is 11.7. The van der Waals surface area contributed by atoms with E-state index in [0.29, 0.717) is 12.6 Å². The van der Waals surface area contributed by atoms with Crippen molar-refractivity contribution in [1.29, 1.82) is 0 Å². The van der Waals surface area contributed by atoms with E-state index in [9.17, 15) is 4.79 Å². The summed E-state index contributed by atoms with van der Waals surface area (Å²) in [5, 5.41) is 3.18. The molecular weight excluding hydrogens is 386 g/mol. The Morgan fingerprint density at radius 2 is 1.77 bits per heavy atom. The lowest BCUT2D eigenvalue weighted by atomic mass is 9.94. The van der Waals surface area contributed by atoms with Crippen molar-refractivity contribution in [2.75, 3.05) is 50.0 Å². The van der Waals surface area contributed by atoms with Gasteiger partial charge in [0, 0.05) is 50.6 Å². The van der Waals surface area contributed by atoms with Crippen LogP contribution in [0.25, 0.3) is 0 Å². The van der Waals surface area contributed by atoms with E-state index in [2.05, 4.69) is 44.2 Å². The molecule has 1 saturated heterocycles. The molecule has 0 unspecified atom stereocenters. The quantitative estimate of drug-likeness (QED) is 0.740. The lowest BCUT2D eigenvalue weighted by Gasteiger charge is -2.35. The van der Waals surface area contributed by atoms with E-state index < -0.39 is 0 Å². The maximum Gasteiger partial charge on any atom is 0.238 e. The zero-order valence-corrected chi connectivity index (χ0v) is 18.7. The Kier molecular flexibility index (Phi) is 7.54. The molecule has 2 heterocycles. The second kappa shape index (κ2) is 10.7. The predicted molar refractivity (Wildman–Crippen MR) is 126 cm³/mol. The molecule has 1 amide bonds. The van der Waals surface area contributed by atoms with Crippen LogP contribution in [0.4, 0.5) is 11.5 Å². The second-order valence-electron chi connectivity index (χ2n) is 8.86. The molecule has 2 aliphatic rings. The fourth-order valence-electron chi connectivity index (χ4n) is 4.77.